The van der Waals surface area contributed by atoms with Gasteiger partial charge in [-0.25, -0.2) is 0 Å². The van der Waals surface area contributed by atoms with E-state index in [0.717, 1.165) is 0 Å². The Labute approximate surface area is 100 Å². The number of hydrogen-bond acceptors (Lipinski definition) is 4. The fourth-order valence-corrected chi connectivity index (χ4v) is 3.20. The molecule has 0 aliphatic carbocycles. The van der Waals surface area contributed by atoms with Gasteiger partial charge in [0.15, 0.2) is 0 Å². The minimum Gasteiger partial charge on any atom is -0.330 e. The predicted octanol–water partition coefficient (Wildman–Crippen LogP) is -1.13. The third kappa shape index (κ3) is 6.54. The fraction of sp³-hybridized carbons (Fsp3) is 1.00. The molecule has 2 atom stereocenters. The van der Waals surface area contributed by atoms with E-state index in [-0.39, 0.29) is 6.04 Å². The van der Waals surface area contributed by atoms with Gasteiger partial charge in [0.1, 0.15) is 0 Å². The van der Waals surface area contributed by atoms with Crippen LogP contribution in [0.4, 0.5) is 0 Å². The molecule has 0 fully saturated rings. The summed E-state index contributed by atoms with van der Waals surface area (Å²) in [5.74, 6) is 0.309. The van der Waals surface area contributed by atoms with Gasteiger partial charge < -0.3 is 5.73 Å². The molecule has 8 heteroatoms. The third-order valence-electron chi connectivity index (χ3n) is 1.92. The Balaban J connectivity index is 4.27. The summed E-state index contributed by atoms with van der Waals surface area (Å²) in [5, 5.41) is 0. The Hall–Kier alpha value is -0.0200. The minimum atomic E-state index is -3.48. The van der Waals surface area contributed by atoms with Gasteiger partial charge in [-0.15, -0.1) is 0 Å². The first-order valence-electron chi connectivity index (χ1n) is 5.03. The van der Waals surface area contributed by atoms with Gasteiger partial charge in [0, 0.05) is 42.4 Å². The summed E-state index contributed by atoms with van der Waals surface area (Å²) in [7, 11) is -3.00. The molecule has 0 aromatic rings. The average molecular weight is 271 g/mol. The summed E-state index contributed by atoms with van der Waals surface area (Å²) < 4.78 is 38.0. The zero-order chi connectivity index (χ0) is 12.8. The number of hydrogen-bond donors (Lipinski definition) is 2. The first kappa shape index (κ1) is 16.0. The highest BCUT2D eigenvalue weighted by molar-refractivity contribution is 7.87. The predicted molar refractivity (Wildman–Crippen MR) is 66.8 cm³/mol. The Morgan fingerprint density at radius 1 is 1.50 bits per heavy atom. The van der Waals surface area contributed by atoms with E-state index in [0.29, 0.717) is 25.3 Å². The summed E-state index contributed by atoms with van der Waals surface area (Å²) in [4.78, 5) is 0. The van der Waals surface area contributed by atoms with Gasteiger partial charge in [-0.1, -0.05) is 0 Å². The van der Waals surface area contributed by atoms with Crippen LogP contribution in [-0.4, -0.2) is 55.1 Å². The number of rotatable bonds is 8. The molecule has 0 saturated heterocycles. The van der Waals surface area contributed by atoms with E-state index < -0.39 is 21.0 Å². The van der Waals surface area contributed by atoms with Crippen LogP contribution < -0.4 is 10.5 Å². The smallest absolute Gasteiger partial charge is 0.279 e. The van der Waals surface area contributed by atoms with E-state index >= 15 is 0 Å². The lowest BCUT2D eigenvalue weighted by Crippen LogP contribution is -2.44. The molecule has 0 aromatic carbocycles. The molecule has 98 valence electrons. The molecule has 0 heterocycles. The van der Waals surface area contributed by atoms with Crippen LogP contribution in [0.3, 0.4) is 0 Å². The van der Waals surface area contributed by atoms with Crippen LogP contribution in [-0.2, 0) is 21.0 Å². The molecule has 3 N–H and O–H groups in total. The van der Waals surface area contributed by atoms with Crippen LogP contribution in [0.25, 0.3) is 0 Å². The van der Waals surface area contributed by atoms with Crippen LogP contribution in [0.1, 0.15) is 13.3 Å². The molecule has 0 radical (unpaired) electrons. The van der Waals surface area contributed by atoms with E-state index in [1.165, 1.54) is 11.4 Å². The third-order valence-corrected chi connectivity index (χ3v) is 4.60. The monoisotopic (exact) mass is 271 g/mol. The van der Waals surface area contributed by atoms with E-state index in [1.54, 1.807) is 13.2 Å². The summed E-state index contributed by atoms with van der Waals surface area (Å²) in [5.41, 5.74) is 5.31. The van der Waals surface area contributed by atoms with Gasteiger partial charge in [0.05, 0.1) is 0 Å². The lowest BCUT2D eigenvalue weighted by atomic mass is 10.4. The lowest BCUT2D eigenvalue weighted by Gasteiger charge is -2.20. The molecule has 16 heavy (non-hydrogen) atoms. The highest BCUT2D eigenvalue weighted by atomic mass is 32.2. The van der Waals surface area contributed by atoms with Crippen LogP contribution >= 0.6 is 0 Å². The van der Waals surface area contributed by atoms with Gasteiger partial charge in [0.25, 0.3) is 10.2 Å². The fourth-order valence-electron chi connectivity index (χ4n) is 1.16. The van der Waals surface area contributed by atoms with Crippen LogP contribution in [0, 0.1) is 0 Å². The quantitative estimate of drug-likeness (QED) is 0.584. The van der Waals surface area contributed by atoms with Crippen LogP contribution in [0.5, 0.6) is 0 Å². The summed E-state index contributed by atoms with van der Waals surface area (Å²) in [6, 6.07) is -0.337. The first-order valence-corrected chi connectivity index (χ1v) is 8.20. The highest BCUT2D eigenvalue weighted by Gasteiger charge is 2.19. The van der Waals surface area contributed by atoms with Crippen LogP contribution in [0.2, 0.25) is 0 Å². The van der Waals surface area contributed by atoms with Crippen molar-refractivity contribution in [3.63, 3.8) is 0 Å². The maximum atomic E-state index is 11.7. The molecule has 0 aliphatic heterocycles. The molecular weight excluding hydrogens is 250 g/mol. The van der Waals surface area contributed by atoms with Crippen molar-refractivity contribution in [2.24, 2.45) is 5.73 Å². The van der Waals surface area contributed by atoms with E-state index in [1.807, 2.05) is 0 Å². The van der Waals surface area contributed by atoms with E-state index in [4.69, 9.17) is 5.73 Å². The van der Waals surface area contributed by atoms with Gasteiger partial charge in [-0.3, -0.25) is 4.21 Å². The van der Waals surface area contributed by atoms with Gasteiger partial charge in [0.2, 0.25) is 0 Å². The van der Waals surface area contributed by atoms with Crippen molar-refractivity contribution < 1.29 is 12.6 Å². The first-order chi connectivity index (χ1) is 7.29. The second kappa shape index (κ2) is 7.33. The van der Waals surface area contributed by atoms with Gasteiger partial charge in [-0.05, 0) is 19.9 Å². The normalized spacial score (nSPS) is 16.3. The zero-order valence-electron chi connectivity index (χ0n) is 9.97. The molecule has 6 nitrogen and oxygen atoms in total. The Bertz CT molecular complexity index is 318. The molecule has 0 aliphatic rings. The van der Waals surface area contributed by atoms with Gasteiger partial charge >= 0.3 is 0 Å². The molecule has 0 aromatic heterocycles. The number of nitrogens with one attached hydrogen (secondary N) is 1. The molecule has 2 unspecified atom stereocenters. The SMILES string of the molecule is CC(CS(C)=O)NS(=O)(=O)N(C)CCCN. The van der Waals surface area contributed by atoms with Crippen molar-refractivity contribution in [1.29, 1.82) is 0 Å². The van der Waals surface area contributed by atoms with Crippen molar-refractivity contribution in [1.82, 2.24) is 9.03 Å². The van der Waals surface area contributed by atoms with Gasteiger partial charge in [-0.2, -0.15) is 17.4 Å². The zero-order valence-corrected chi connectivity index (χ0v) is 11.6. The van der Waals surface area contributed by atoms with Crippen molar-refractivity contribution >= 4 is 21.0 Å². The number of nitrogens with zero attached hydrogens (tertiary/aromatic N) is 1. The van der Waals surface area contributed by atoms with Crippen LogP contribution in [0.15, 0.2) is 0 Å². The molecule has 0 amide bonds. The summed E-state index contributed by atoms with van der Waals surface area (Å²) >= 11 is 0. The number of nitrogens with two attached hydrogens (primary N) is 1. The summed E-state index contributed by atoms with van der Waals surface area (Å²) in [6.45, 7) is 2.53. The molecule has 0 bridgehead atoms. The molecule has 0 saturated carbocycles. The molecule has 0 spiro atoms. The van der Waals surface area contributed by atoms with E-state index in [9.17, 15) is 12.6 Å². The lowest BCUT2D eigenvalue weighted by molar-refractivity contribution is 0.447. The Morgan fingerprint density at radius 3 is 2.50 bits per heavy atom. The van der Waals surface area contributed by atoms with Crippen molar-refractivity contribution in [3.8, 4) is 0 Å². The minimum absolute atomic E-state index is 0.309. The Kier molecular flexibility index (Phi) is 7.32. The van der Waals surface area contributed by atoms with Crippen molar-refractivity contribution in [2.75, 3.05) is 32.1 Å². The Morgan fingerprint density at radius 2 is 2.06 bits per heavy atom. The topological polar surface area (TPSA) is 92.5 Å². The van der Waals surface area contributed by atoms with Crippen molar-refractivity contribution in [2.45, 2.75) is 19.4 Å². The second-order valence-corrected chi connectivity index (χ2v) is 7.02. The maximum Gasteiger partial charge on any atom is 0.279 e. The molecule has 0 rings (SSSR count). The second-order valence-electron chi connectivity index (χ2n) is 3.73. The molecular formula is C8H21N3O3S2. The van der Waals surface area contributed by atoms with Crippen molar-refractivity contribution in [3.05, 3.63) is 0 Å². The average Bonchev–Trinajstić information content (AvgIpc) is 2.11. The summed E-state index contributed by atoms with van der Waals surface area (Å²) in [6.07, 6.45) is 2.16. The van der Waals surface area contributed by atoms with E-state index in [2.05, 4.69) is 4.72 Å². The largest absolute Gasteiger partial charge is 0.330 e. The highest BCUT2D eigenvalue weighted by Crippen LogP contribution is 1.98. The standard InChI is InChI=1S/C8H21N3O3S2/c1-8(7-15(3)12)10-16(13,14)11(2)6-4-5-9/h8,10H,4-7,9H2,1-3H3. The maximum absolute atomic E-state index is 11.7.